The van der Waals surface area contributed by atoms with Crippen molar-refractivity contribution >= 4 is 28.6 Å². The highest BCUT2D eigenvalue weighted by Crippen LogP contribution is 2.49. The number of amides is 1. The van der Waals surface area contributed by atoms with Crippen molar-refractivity contribution in [2.24, 2.45) is 0 Å². The number of fused-ring (bicyclic) bond motifs is 2. The third kappa shape index (κ3) is 2.97. The van der Waals surface area contributed by atoms with Crippen LogP contribution in [0.4, 0.5) is 16.2 Å². The number of nitrogens with zero attached hydrogens (tertiary/aromatic N) is 4. The molecule has 1 aromatic carbocycles. The number of benzene rings is 1. The predicted molar refractivity (Wildman–Crippen MR) is 116 cm³/mol. The largest absolute Gasteiger partial charge is 0.446 e. The minimum atomic E-state index is -0.214. The maximum atomic E-state index is 12.6. The highest BCUT2D eigenvalue weighted by atomic mass is 16.6. The Morgan fingerprint density at radius 1 is 1.26 bits per heavy atom. The first-order chi connectivity index (χ1) is 15.2. The van der Waals surface area contributed by atoms with Gasteiger partial charge in [0.05, 0.1) is 23.2 Å². The molecule has 2 aromatic heterocycles. The van der Waals surface area contributed by atoms with Crippen molar-refractivity contribution in [3.8, 4) is 0 Å². The van der Waals surface area contributed by atoms with Crippen LogP contribution >= 0.6 is 0 Å². The Hall–Kier alpha value is -3.40. The van der Waals surface area contributed by atoms with Crippen LogP contribution in [0.25, 0.3) is 16.0 Å². The van der Waals surface area contributed by atoms with Crippen molar-refractivity contribution in [2.45, 2.75) is 56.5 Å². The molecule has 6 rings (SSSR count). The molecule has 1 amide bonds. The molecule has 3 heterocycles. The van der Waals surface area contributed by atoms with Crippen molar-refractivity contribution in [3.05, 3.63) is 58.8 Å². The van der Waals surface area contributed by atoms with Crippen molar-refractivity contribution in [1.29, 1.82) is 0 Å². The molecule has 7 nitrogen and oxygen atoms in total. The molecule has 7 heteroatoms. The Bertz CT molecular complexity index is 1230. The number of hydrogen-bond acceptors (Lipinski definition) is 4. The fraction of sp³-hybridized carbons (Fsp3) is 0.417. The first-order valence-electron chi connectivity index (χ1n) is 11.0. The molecule has 0 unspecified atom stereocenters. The molecule has 0 spiro atoms. The molecule has 1 aliphatic heterocycles. The van der Waals surface area contributed by atoms with Gasteiger partial charge in [-0.05, 0) is 61.8 Å². The molecule has 1 N–H and O–H groups in total. The maximum Gasteiger partial charge on any atom is 0.414 e. The van der Waals surface area contributed by atoms with Crippen LogP contribution in [-0.4, -0.2) is 33.7 Å². The first kappa shape index (κ1) is 18.4. The average Bonchev–Trinajstić information content (AvgIpc) is 3.47. The number of aromatic nitrogens is 3. The van der Waals surface area contributed by atoms with E-state index in [4.69, 9.17) is 16.3 Å². The molecule has 0 radical (unpaired) electrons. The van der Waals surface area contributed by atoms with Crippen molar-refractivity contribution in [3.63, 3.8) is 0 Å². The van der Waals surface area contributed by atoms with Gasteiger partial charge in [0.1, 0.15) is 11.9 Å². The minimum Gasteiger partial charge on any atom is -0.446 e. The lowest BCUT2D eigenvalue weighted by molar-refractivity contribution is 0.146. The summed E-state index contributed by atoms with van der Waals surface area (Å²) in [4.78, 5) is 30.5. The number of hydrogen-bond donors (Lipinski definition) is 1. The topological polar surface area (TPSA) is 75.5 Å². The van der Waals surface area contributed by atoms with Crippen molar-refractivity contribution < 1.29 is 9.53 Å². The molecule has 0 atom stereocenters. The van der Waals surface area contributed by atoms with Crippen LogP contribution in [0.2, 0.25) is 0 Å². The molecule has 2 fully saturated rings. The van der Waals surface area contributed by atoms with E-state index in [1.54, 1.807) is 11.1 Å². The van der Waals surface area contributed by atoms with Crippen LogP contribution < -0.4 is 4.90 Å². The summed E-state index contributed by atoms with van der Waals surface area (Å²) in [5, 5.41) is 0. The summed E-state index contributed by atoms with van der Waals surface area (Å²) in [5.41, 5.74) is 5.22. The van der Waals surface area contributed by atoms with E-state index in [0.29, 0.717) is 17.9 Å². The van der Waals surface area contributed by atoms with Gasteiger partial charge < -0.3 is 9.72 Å². The van der Waals surface area contributed by atoms with E-state index in [2.05, 4.69) is 33.0 Å². The number of carbonyl (C=O) groups is 1. The summed E-state index contributed by atoms with van der Waals surface area (Å²) in [6.45, 7) is 7.93. The molecule has 2 aliphatic carbocycles. The summed E-state index contributed by atoms with van der Waals surface area (Å²) in [5.74, 6) is 0.920. The van der Waals surface area contributed by atoms with E-state index >= 15 is 0 Å². The van der Waals surface area contributed by atoms with Gasteiger partial charge in [-0.3, -0.25) is 4.90 Å². The minimum absolute atomic E-state index is 0.112. The second-order valence-electron chi connectivity index (χ2n) is 8.88. The molecule has 0 bridgehead atoms. The van der Waals surface area contributed by atoms with Gasteiger partial charge in [-0.15, -0.1) is 0 Å². The monoisotopic (exact) mass is 413 g/mol. The van der Waals surface area contributed by atoms with Crippen molar-refractivity contribution in [1.82, 2.24) is 15.0 Å². The quantitative estimate of drug-likeness (QED) is 0.611. The Morgan fingerprint density at radius 3 is 2.87 bits per heavy atom. The zero-order valence-corrected chi connectivity index (χ0v) is 17.2. The summed E-state index contributed by atoms with van der Waals surface area (Å²) in [6.07, 6.45) is 8.53. The number of aromatic amines is 1. The average molecular weight is 413 g/mol. The molecule has 3 aromatic rings. The van der Waals surface area contributed by atoms with E-state index in [1.807, 2.05) is 6.07 Å². The predicted octanol–water partition coefficient (Wildman–Crippen LogP) is 5.03. The Balaban J connectivity index is 1.36. The summed E-state index contributed by atoms with van der Waals surface area (Å²) in [6, 6.07) is 8.30. The third-order valence-corrected chi connectivity index (χ3v) is 6.88. The van der Waals surface area contributed by atoms with Gasteiger partial charge >= 0.3 is 6.09 Å². The van der Waals surface area contributed by atoms with E-state index in [0.717, 1.165) is 62.0 Å². The van der Waals surface area contributed by atoms with Gasteiger partial charge in [0.2, 0.25) is 5.69 Å². The lowest BCUT2D eigenvalue weighted by Gasteiger charge is -2.41. The second kappa shape index (κ2) is 6.81. The summed E-state index contributed by atoms with van der Waals surface area (Å²) in [7, 11) is 0. The smallest absolute Gasteiger partial charge is 0.414 e. The number of carbonyl (C=O) groups excluding carboxylic acids is 1. The van der Waals surface area contributed by atoms with Gasteiger partial charge in [0.25, 0.3) is 0 Å². The van der Waals surface area contributed by atoms with E-state index in [-0.39, 0.29) is 17.6 Å². The van der Waals surface area contributed by atoms with Crippen LogP contribution in [0.5, 0.6) is 0 Å². The lowest BCUT2D eigenvalue weighted by Crippen LogP contribution is -2.38. The van der Waals surface area contributed by atoms with Crippen LogP contribution in [-0.2, 0) is 16.6 Å². The number of imidazole rings is 1. The second-order valence-corrected chi connectivity index (χ2v) is 8.88. The van der Waals surface area contributed by atoms with E-state index in [9.17, 15) is 4.79 Å². The number of aryl methyl sites for hydroxylation is 1. The van der Waals surface area contributed by atoms with Crippen LogP contribution in [0.15, 0.2) is 30.5 Å². The van der Waals surface area contributed by atoms with Gasteiger partial charge in [0.15, 0.2) is 5.65 Å². The van der Waals surface area contributed by atoms with Crippen molar-refractivity contribution in [2.75, 3.05) is 11.4 Å². The third-order valence-electron chi connectivity index (χ3n) is 6.88. The highest BCUT2D eigenvalue weighted by molar-refractivity contribution is 5.89. The number of anilines is 1. The normalized spacial score (nSPS) is 19.4. The number of nitrogens with one attached hydrogen (secondary N) is 1. The number of ether oxygens (including phenoxy) is 1. The fourth-order valence-corrected chi connectivity index (χ4v) is 4.85. The van der Waals surface area contributed by atoms with Gasteiger partial charge in [-0.25, -0.2) is 19.6 Å². The zero-order valence-electron chi connectivity index (χ0n) is 17.2. The van der Waals surface area contributed by atoms with Gasteiger partial charge in [0, 0.05) is 12.7 Å². The summed E-state index contributed by atoms with van der Waals surface area (Å²) < 4.78 is 5.55. The first-order valence-corrected chi connectivity index (χ1v) is 11.0. The van der Waals surface area contributed by atoms with Gasteiger partial charge in [-0.2, -0.15) is 0 Å². The standard InChI is InChI=1S/C24H23N5O2/c1-25-17-13-19-21(26-14-17)28-22(27-19)24(9-3-10-24)16-5-8-20-15(12-16)4-2-11-29(20)23(30)31-18-6-7-18/h5,8,12-14,18H,2-4,6-7,9-11H2,(H,26,27,28). The molecule has 2 saturated carbocycles. The van der Waals surface area contributed by atoms with E-state index < -0.39 is 0 Å². The molecule has 156 valence electrons. The molecule has 0 saturated heterocycles. The van der Waals surface area contributed by atoms with Crippen LogP contribution in [0.1, 0.15) is 55.5 Å². The summed E-state index contributed by atoms with van der Waals surface area (Å²) >= 11 is 0. The molecular formula is C24H23N5O2. The highest BCUT2D eigenvalue weighted by Gasteiger charge is 2.44. The molecular weight excluding hydrogens is 390 g/mol. The Labute approximate surface area is 180 Å². The van der Waals surface area contributed by atoms with Crippen LogP contribution in [0, 0.1) is 6.57 Å². The number of H-pyrrole nitrogens is 1. The fourth-order valence-electron chi connectivity index (χ4n) is 4.85. The lowest BCUT2D eigenvalue weighted by atomic mass is 9.63. The Kier molecular flexibility index (Phi) is 4.04. The molecule has 3 aliphatic rings. The number of pyridine rings is 1. The number of rotatable bonds is 3. The zero-order chi connectivity index (χ0) is 21.0. The Morgan fingerprint density at radius 2 is 2.13 bits per heavy atom. The van der Waals surface area contributed by atoms with Gasteiger partial charge in [-0.1, -0.05) is 18.6 Å². The SMILES string of the molecule is [C-]#[N+]c1cnc2nc(C3(c4ccc5c(c4)CCCN5C(=O)OC4CC4)CCC3)[nH]c2c1. The maximum absolute atomic E-state index is 12.6. The molecule has 31 heavy (non-hydrogen) atoms. The van der Waals surface area contributed by atoms with Crippen LogP contribution in [0.3, 0.4) is 0 Å². The van der Waals surface area contributed by atoms with E-state index in [1.165, 1.54) is 11.1 Å².